The molecule has 0 aliphatic rings. The highest BCUT2D eigenvalue weighted by molar-refractivity contribution is 7.11. The summed E-state index contributed by atoms with van der Waals surface area (Å²) >= 11 is 1.22. The quantitative estimate of drug-likeness (QED) is 0.802. The summed E-state index contributed by atoms with van der Waals surface area (Å²) in [7, 11) is 0. The molecule has 0 aliphatic carbocycles. The fourth-order valence-electron chi connectivity index (χ4n) is 1.03. The lowest BCUT2D eigenvalue weighted by atomic mass is 10.2. The van der Waals surface area contributed by atoms with E-state index in [1.807, 2.05) is 6.92 Å². The third-order valence-corrected chi connectivity index (χ3v) is 2.77. The van der Waals surface area contributed by atoms with Gasteiger partial charge in [-0.15, -0.1) is 11.3 Å². The van der Waals surface area contributed by atoms with Gasteiger partial charge in [-0.3, -0.25) is 9.59 Å². The fraction of sp³-hybridized carbons (Fsp3) is 0.444. The van der Waals surface area contributed by atoms with Gasteiger partial charge >= 0.3 is 5.97 Å². The number of thiazole rings is 1. The number of carboxylic acid groups (broad SMARTS) is 1. The normalized spacial score (nSPS) is 12.1. The molecule has 6 heteroatoms. The molecular weight excluding hydrogens is 216 g/mol. The van der Waals surface area contributed by atoms with Crippen molar-refractivity contribution in [1.82, 2.24) is 10.3 Å². The Balaban J connectivity index is 2.73. The third-order valence-electron chi connectivity index (χ3n) is 1.90. The van der Waals surface area contributed by atoms with Gasteiger partial charge in [0.15, 0.2) is 0 Å². The topological polar surface area (TPSA) is 79.3 Å². The molecule has 1 rings (SSSR count). The molecule has 5 nitrogen and oxygen atoms in total. The van der Waals surface area contributed by atoms with Crippen molar-refractivity contribution in [2.45, 2.75) is 26.3 Å². The highest BCUT2D eigenvalue weighted by Gasteiger charge is 2.18. The molecule has 1 aromatic rings. The molecular formula is C9H12N2O3S. The summed E-state index contributed by atoms with van der Waals surface area (Å²) in [5.41, 5.74) is 2.29. The molecule has 0 spiro atoms. The molecule has 0 fully saturated rings. The van der Waals surface area contributed by atoms with Gasteiger partial charge < -0.3 is 10.4 Å². The number of rotatable bonds is 4. The van der Waals surface area contributed by atoms with E-state index in [0.717, 1.165) is 0 Å². The van der Waals surface area contributed by atoms with E-state index in [4.69, 9.17) is 5.11 Å². The van der Waals surface area contributed by atoms with Crippen LogP contribution < -0.4 is 5.32 Å². The van der Waals surface area contributed by atoms with E-state index in [1.54, 1.807) is 5.51 Å². The number of carbonyl (C=O) groups is 2. The van der Waals surface area contributed by atoms with Crippen LogP contribution in [0.3, 0.4) is 0 Å². The van der Waals surface area contributed by atoms with Gasteiger partial charge in [-0.25, -0.2) is 4.98 Å². The first-order valence-corrected chi connectivity index (χ1v) is 5.40. The summed E-state index contributed by atoms with van der Waals surface area (Å²) in [5.74, 6) is -1.42. The van der Waals surface area contributed by atoms with E-state index < -0.39 is 12.0 Å². The minimum Gasteiger partial charge on any atom is -0.480 e. The Labute approximate surface area is 91.1 Å². The van der Waals surface area contributed by atoms with E-state index in [2.05, 4.69) is 10.3 Å². The lowest BCUT2D eigenvalue weighted by molar-refractivity contribution is -0.138. The number of carboxylic acids is 1. The molecule has 0 saturated carbocycles. The van der Waals surface area contributed by atoms with Crippen LogP contribution >= 0.6 is 11.3 Å². The molecule has 0 radical (unpaired) electrons. The maximum Gasteiger partial charge on any atom is 0.325 e. The summed E-state index contributed by atoms with van der Waals surface area (Å²) in [6, 6.07) is -0.885. The van der Waals surface area contributed by atoms with Gasteiger partial charge in [0.2, 0.25) is 0 Å². The summed E-state index contributed by atoms with van der Waals surface area (Å²) in [5, 5.41) is 11.0. The van der Waals surface area contributed by atoms with E-state index in [9.17, 15) is 9.59 Å². The van der Waals surface area contributed by atoms with Crippen molar-refractivity contribution in [1.29, 1.82) is 0 Å². The molecule has 1 amide bonds. The molecule has 0 aromatic carbocycles. The van der Waals surface area contributed by atoms with Crippen LogP contribution in [0.4, 0.5) is 0 Å². The average Bonchev–Trinajstić information content (AvgIpc) is 2.64. The van der Waals surface area contributed by atoms with Gasteiger partial charge in [0.05, 0.1) is 11.2 Å². The number of hydrogen-bond donors (Lipinski definition) is 2. The van der Waals surface area contributed by atoms with Gasteiger partial charge in [0, 0.05) is 0 Å². The lowest BCUT2D eigenvalue weighted by Gasteiger charge is -2.08. The summed E-state index contributed by atoms with van der Waals surface area (Å²) < 4.78 is 0. The molecule has 1 atom stereocenters. The number of hydrogen-bond acceptors (Lipinski definition) is 4. The van der Waals surface area contributed by atoms with E-state index in [0.29, 0.717) is 17.0 Å². The monoisotopic (exact) mass is 228 g/mol. The van der Waals surface area contributed by atoms with Crippen molar-refractivity contribution in [3.8, 4) is 0 Å². The molecule has 15 heavy (non-hydrogen) atoms. The van der Waals surface area contributed by atoms with Crippen LogP contribution in [0.1, 0.15) is 29.2 Å². The van der Waals surface area contributed by atoms with Crippen molar-refractivity contribution in [3.05, 3.63) is 16.1 Å². The van der Waals surface area contributed by atoms with Crippen molar-refractivity contribution < 1.29 is 14.7 Å². The second-order valence-corrected chi connectivity index (χ2v) is 3.87. The average molecular weight is 228 g/mol. The number of carbonyl (C=O) groups excluding carboxylic acids is 1. The minimum atomic E-state index is -1.05. The van der Waals surface area contributed by atoms with Gasteiger partial charge in [-0.05, 0) is 13.3 Å². The van der Waals surface area contributed by atoms with Crippen LogP contribution in [0.2, 0.25) is 0 Å². The Morgan fingerprint density at radius 3 is 2.87 bits per heavy atom. The summed E-state index contributed by atoms with van der Waals surface area (Å²) in [4.78, 5) is 26.6. The first kappa shape index (κ1) is 11.6. The van der Waals surface area contributed by atoms with Crippen LogP contribution in [-0.4, -0.2) is 28.0 Å². The van der Waals surface area contributed by atoms with Gasteiger partial charge in [0.1, 0.15) is 10.9 Å². The van der Waals surface area contributed by atoms with Gasteiger partial charge in [-0.2, -0.15) is 0 Å². The fourth-order valence-corrected chi connectivity index (χ4v) is 1.81. The number of nitrogens with zero attached hydrogens (tertiary/aromatic N) is 1. The molecule has 0 unspecified atom stereocenters. The molecule has 0 saturated heterocycles. The number of amides is 1. The number of aromatic nitrogens is 1. The Morgan fingerprint density at radius 2 is 2.33 bits per heavy atom. The molecule has 0 aliphatic heterocycles. The van der Waals surface area contributed by atoms with Crippen molar-refractivity contribution in [3.63, 3.8) is 0 Å². The minimum absolute atomic E-state index is 0.371. The van der Waals surface area contributed by atoms with E-state index >= 15 is 0 Å². The SMILES string of the molecule is CCc1ncsc1C(=O)N[C@@H](C)C(=O)O. The van der Waals surface area contributed by atoms with Crippen LogP contribution in [0, 0.1) is 0 Å². The largest absolute Gasteiger partial charge is 0.480 e. The predicted molar refractivity (Wildman–Crippen MR) is 56.1 cm³/mol. The lowest BCUT2D eigenvalue weighted by Crippen LogP contribution is -2.38. The number of aliphatic carboxylic acids is 1. The second kappa shape index (κ2) is 4.88. The first-order valence-electron chi connectivity index (χ1n) is 4.52. The number of nitrogens with one attached hydrogen (secondary N) is 1. The van der Waals surface area contributed by atoms with E-state index in [-0.39, 0.29) is 5.91 Å². The molecule has 0 bridgehead atoms. The zero-order valence-electron chi connectivity index (χ0n) is 8.48. The van der Waals surface area contributed by atoms with Gasteiger partial charge in [0.25, 0.3) is 5.91 Å². The summed E-state index contributed by atoms with van der Waals surface area (Å²) in [6.45, 7) is 3.32. The maximum absolute atomic E-state index is 11.6. The Hall–Kier alpha value is -1.43. The number of aryl methyl sites for hydroxylation is 1. The Kier molecular flexibility index (Phi) is 3.79. The highest BCUT2D eigenvalue weighted by atomic mass is 32.1. The van der Waals surface area contributed by atoms with Crippen LogP contribution in [0.25, 0.3) is 0 Å². The van der Waals surface area contributed by atoms with Crippen molar-refractivity contribution >= 4 is 23.2 Å². The van der Waals surface area contributed by atoms with Crippen LogP contribution in [-0.2, 0) is 11.2 Å². The Morgan fingerprint density at radius 1 is 1.67 bits per heavy atom. The van der Waals surface area contributed by atoms with Crippen LogP contribution in [0.15, 0.2) is 5.51 Å². The zero-order chi connectivity index (χ0) is 11.4. The molecule has 2 N–H and O–H groups in total. The van der Waals surface area contributed by atoms with Gasteiger partial charge in [-0.1, -0.05) is 6.92 Å². The smallest absolute Gasteiger partial charge is 0.325 e. The maximum atomic E-state index is 11.6. The third kappa shape index (κ3) is 2.76. The predicted octanol–water partition coefficient (Wildman–Crippen LogP) is 0.908. The standard InChI is InChI=1S/C9H12N2O3S/c1-3-6-7(15-4-10-6)8(12)11-5(2)9(13)14/h4-5H,3H2,1-2H3,(H,11,12)(H,13,14)/t5-/m0/s1. The van der Waals surface area contributed by atoms with Crippen LogP contribution in [0.5, 0.6) is 0 Å². The molecule has 1 aromatic heterocycles. The van der Waals surface area contributed by atoms with Crippen molar-refractivity contribution in [2.24, 2.45) is 0 Å². The Bertz CT molecular complexity index is 375. The second-order valence-electron chi connectivity index (χ2n) is 3.02. The highest BCUT2D eigenvalue weighted by Crippen LogP contribution is 2.13. The first-order chi connectivity index (χ1) is 7.06. The molecule has 82 valence electrons. The summed E-state index contributed by atoms with van der Waals surface area (Å²) in [6.07, 6.45) is 0.660. The molecule has 1 heterocycles. The van der Waals surface area contributed by atoms with E-state index in [1.165, 1.54) is 18.3 Å². The zero-order valence-corrected chi connectivity index (χ0v) is 9.30. The van der Waals surface area contributed by atoms with Crippen molar-refractivity contribution in [2.75, 3.05) is 0 Å².